The van der Waals surface area contributed by atoms with E-state index < -0.39 is 0 Å². The summed E-state index contributed by atoms with van der Waals surface area (Å²) in [4.78, 5) is 2.75. The fraction of sp³-hybridized carbons (Fsp3) is 0.533. The Hall–Kier alpha value is -0.820. The third-order valence-corrected chi connectivity index (χ3v) is 4.10. The van der Waals surface area contributed by atoms with Gasteiger partial charge >= 0.3 is 0 Å². The number of piperidine rings is 2. The van der Waals surface area contributed by atoms with E-state index in [0.717, 1.165) is 18.6 Å². The summed E-state index contributed by atoms with van der Waals surface area (Å²) >= 11 is 0. The average Bonchev–Trinajstić information content (AvgIpc) is 2.30. The molecule has 0 saturated carbocycles. The second-order valence-corrected chi connectivity index (χ2v) is 5.16. The first-order valence-corrected chi connectivity index (χ1v) is 6.55. The van der Waals surface area contributed by atoms with E-state index in [0.29, 0.717) is 0 Å². The van der Waals surface area contributed by atoms with Gasteiger partial charge in [0.25, 0.3) is 0 Å². The van der Waals surface area contributed by atoms with E-state index >= 15 is 0 Å². The highest BCUT2D eigenvalue weighted by Crippen LogP contribution is 2.34. The smallest absolute Gasteiger partial charge is 0.0239 e. The van der Waals surface area contributed by atoms with Gasteiger partial charge in [0.15, 0.2) is 0 Å². The van der Waals surface area contributed by atoms with Crippen LogP contribution in [0.4, 0.5) is 0 Å². The van der Waals surface area contributed by atoms with Crippen molar-refractivity contribution in [3.05, 3.63) is 42.3 Å². The summed E-state index contributed by atoms with van der Waals surface area (Å²) in [6.45, 7) is 1.16. The summed E-state index contributed by atoms with van der Waals surface area (Å²) < 4.78 is 0. The fourth-order valence-electron chi connectivity index (χ4n) is 3.26. The van der Waals surface area contributed by atoms with Gasteiger partial charge < -0.3 is 0 Å². The topological polar surface area (TPSA) is 3.24 Å². The Balaban J connectivity index is 1.74. The van der Waals surface area contributed by atoms with Crippen molar-refractivity contribution in [2.75, 3.05) is 0 Å². The second kappa shape index (κ2) is 4.58. The van der Waals surface area contributed by atoms with Crippen molar-refractivity contribution in [1.82, 2.24) is 4.90 Å². The first kappa shape index (κ1) is 10.3. The Kier molecular flexibility index (Phi) is 2.96. The number of nitrogens with zero attached hydrogens (tertiary/aromatic N) is 1. The zero-order valence-corrected chi connectivity index (χ0v) is 9.81. The molecule has 2 aliphatic heterocycles. The molecule has 1 nitrogen and oxygen atoms in total. The van der Waals surface area contributed by atoms with Gasteiger partial charge in [-0.25, -0.2) is 0 Å². The molecule has 0 aliphatic carbocycles. The highest BCUT2D eigenvalue weighted by Gasteiger charge is 2.33. The fourth-order valence-corrected chi connectivity index (χ4v) is 3.26. The largest absolute Gasteiger partial charge is 0.293 e. The predicted molar refractivity (Wildman–Crippen MR) is 66.9 cm³/mol. The highest BCUT2D eigenvalue weighted by molar-refractivity contribution is 5.15. The van der Waals surface area contributed by atoms with E-state index in [4.69, 9.17) is 0 Å². The third kappa shape index (κ3) is 2.01. The predicted octanol–water partition coefficient (Wildman–Crippen LogP) is 3.41. The maximum Gasteiger partial charge on any atom is 0.0239 e. The zero-order valence-electron chi connectivity index (χ0n) is 9.81. The van der Waals surface area contributed by atoms with Gasteiger partial charge in [0, 0.05) is 18.6 Å². The van der Waals surface area contributed by atoms with Crippen LogP contribution in [-0.4, -0.2) is 17.0 Å². The van der Waals surface area contributed by atoms with Crippen molar-refractivity contribution in [2.24, 2.45) is 0 Å². The van der Waals surface area contributed by atoms with Gasteiger partial charge in [-0.1, -0.05) is 36.8 Å². The quantitative estimate of drug-likeness (QED) is 0.729. The summed E-state index contributed by atoms with van der Waals surface area (Å²) in [6.07, 6.45) is 9.37. The summed E-state index contributed by atoms with van der Waals surface area (Å²) in [7, 11) is 0. The molecule has 2 saturated heterocycles. The highest BCUT2D eigenvalue weighted by atomic mass is 15.2. The second-order valence-electron chi connectivity index (χ2n) is 5.16. The van der Waals surface area contributed by atoms with Crippen molar-refractivity contribution >= 4 is 0 Å². The van der Waals surface area contributed by atoms with Gasteiger partial charge in [-0.2, -0.15) is 0 Å². The van der Waals surface area contributed by atoms with Gasteiger partial charge in [0.1, 0.15) is 0 Å². The molecular formula is C15H20N. The number of rotatable bonds is 2. The lowest BCUT2D eigenvalue weighted by Gasteiger charge is -2.46. The molecule has 0 amide bonds. The van der Waals surface area contributed by atoms with Crippen LogP contribution in [-0.2, 0) is 6.54 Å². The number of hydrogen-bond acceptors (Lipinski definition) is 1. The first-order chi connectivity index (χ1) is 7.93. The molecule has 2 atom stereocenters. The lowest BCUT2D eigenvalue weighted by molar-refractivity contribution is 0.0518. The molecule has 2 bridgehead atoms. The molecule has 2 aliphatic rings. The summed E-state index contributed by atoms with van der Waals surface area (Å²) in [5.41, 5.74) is 1.47. The van der Waals surface area contributed by atoms with Crippen LogP contribution in [0.1, 0.15) is 37.7 Å². The molecule has 85 valence electrons. The summed E-state index contributed by atoms with van der Waals surface area (Å²) in [5, 5.41) is 0. The number of hydrogen-bond donors (Lipinski definition) is 0. The lowest BCUT2D eigenvalue weighted by atomic mass is 9.84. The molecule has 1 heteroatoms. The average molecular weight is 214 g/mol. The van der Waals surface area contributed by atoms with Crippen LogP contribution in [0.5, 0.6) is 0 Å². The van der Waals surface area contributed by atoms with Gasteiger partial charge in [-0.15, -0.1) is 0 Å². The molecule has 0 spiro atoms. The van der Waals surface area contributed by atoms with E-state index in [1.165, 1.54) is 37.7 Å². The molecule has 16 heavy (non-hydrogen) atoms. The normalized spacial score (nSPS) is 30.2. The maximum absolute atomic E-state index is 2.75. The molecule has 3 rings (SSSR count). The Labute approximate surface area is 98.5 Å². The molecular weight excluding hydrogens is 194 g/mol. The van der Waals surface area contributed by atoms with Crippen molar-refractivity contribution in [3.63, 3.8) is 0 Å². The lowest BCUT2D eigenvalue weighted by Crippen LogP contribution is -2.49. The Bertz CT molecular complexity index is 311. The molecule has 1 aromatic rings. The molecule has 0 aromatic heterocycles. The van der Waals surface area contributed by atoms with E-state index in [-0.39, 0.29) is 0 Å². The summed E-state index contributed by atoms with van der Waals surface area (Å²) in [5.74, 6) is 0. The maximum atomic E-state index is 2.75. The SMILES string of the molecule is [CH]1CC2CCCC(C1)N2Cc1ccccc1. The molecule has 0 N–H and O–H groups in total. The molecule has 2 unspecified atom stereocenters. The first-order valence-electron chi connectivity index (χ1n) is 6.55. The van der Waals surface area contributed by atoms with Crippen LogP contribution in [0.2, 0.25) is 0 Å². The Morgan fingerprint density at radius 1 is 1.00 bits per heavy atom. The van der Waals surface area contributed by atoms with Gasteiger partial charge in [-0.3, -0.25) is 4.90 Å². The van der Waals surface area contributed by atoms with Crippen molar-refractivity contribution in [2.45, 2.75) is 50.7 Å². The van der Waals surface area contributed by atoms with Crippen LogP contribution in [0.25, 0.3) is 0 Å². The van der Waals surface area contributed by atoms with Crippen LogP contribution in [0, 0.1) is 6.42 Å². The molecule has 1 aromatic carbocycles. The molecule has 1 radical (unpaired) electrons. The van der Waals surface area contributed by atoms with Crippen LogP contribution >= 0.6 is 0 Å². The zero-order chi connectivity index (χ0) is 10.8. The van der Waals surface area contributed by atoms with Gasteiger partial charge in [-0.05, 0) is 37.7 Å². The molecule has 2 fully saturated rings. The van der Waals surface area contributed by atoms with Crippen molar-refractivity contribution in [3.8, 4) is 0 Å². The van der Waals surface area contributed by atoms with Crippen molar-refractivity contribution in [1.29, 1.82) is 0 Å². The van der Waals surface area contributed by atoms with Crippen LogP contribution in [0.15, 0.2) is 30.3 Å². The standard InChI is InChI=1S/C15H20N/c1-2-6-13(7-3-1)12-16-14-8-4-9-15(16)11-5-10-14/h1-4,6-7,14-15H,5,8-12H2. The van der Waals surface area contributed by atoms with Crippen LogP contribution < -0.4 is 0 Å². The van der Waals surface area contributed by atoms with Gasteiger partial charge in [0.05, 0.1) is 0 Å². The summed E-state index contributed by atoms with van der Waals surface area (Å²) in [6, 6.07) is 12.6. The van der Waals surface area contributed by atoms with E-state index in [1.807, 2.05) is 0 Å². The van der Waals surface area contributed by atoms with E-state index in [2.05, 4.69) is 41.7 Å². The minimum atomic E-state index is 0.827. The monoisotopic (exact) mass is 214 g/mol. The minimum Gasteiger partial charge on any atom is -0.293 e. The van der Waals surface area contributed by atoms with Gasteiger partial charge in [0.2, 0.25) is 0 Å². The number of fused-ring (bicyclic) bond motifs is 2. The van der Waals surface area contributed by atoms with Crippen molar-refractivity contribution < 1.29 is 0 Å². The van der Waals surface area contributed by atoms with E-state index in [9.17, 15) is 0 Å². The van der Waals surface area contributed by atoms with Crippen LogP contribution in [0.3, 0.4) is 0 Å². The number of benzene rings is 1. The Morgan fingerprint density at radius 2 is 1.69 bits per heavy atom. The third-order valence-electron chi connectivity index (χ3n) is 4.10. The minimum absolute atomic E-state index is 0.827. The molecule has 2 heterocycles. The van der Waals surface area contributed by atoms with E-state index in [1.54, 1.807) is 0 Å². The Morgan fingerprint density at radius 3 is 2.38 bits per heavy atom.